The molecule has 0 aromatic heterocycles. The molecule has 0 bridgehead atoms. The normalized spacial score (nSPS) is 15.6. The largest absolute Gasteiger partial charge is 0.339 e. The monoisotopic (exact) mass is 393 g/mol. The minimum absolute atomic E-state index is 0. The number of carbonyl (C=O) groups excluding carboxylic acids is 1. The molecular weight excluding hydrogens is 369 g/mol. The first-order chi connectivity index (χ1) is 11.3. The summed E-state index contributed by atoms with van der Waals surface area (Å²) in [5.41, 5.74) is 0.0866. The summed E-state index contributed by atoms with van der Waals surface area (Å²) in [5.74, 6) is -0.293. The van der Waals surface area contributed by atoms with Crippen LogP contribution in [0.25, 0.3) is 0 Å². The van der Waals surface area contributed by atoms with E-state index in [0.29, 0.717) is 19.0 Å². The van der Waals surface area contributed by atoms with Crippen molar-refractivity contribution in [2.45, 2.75) is 19.3 Å². The molecule has 0 aliphatic carbocycles. The molecule has 1 aromatic rings. The first-order valence-corrected chi connectivity index (χ1v) is 9.90. The van der Waals surface area contributed by atoms with Gasteiger partial charge in [0.15, 0.2) is 0 Å². The second-order valence-electron chi connectivity index (χ2n) is 6.20. The van der Waals surface area contributed by atoms with Gasteiger partial charge in [-0.05, 0) is 57.0 Å². The Morgan fingerprint density at radius 1 is 1.32 bits per heavy atom. The van der Waals surface area contributed by atoms with Crippen molar-refractivity contribution in [2.24, 2.45) is 5.92 Å². The zero-order chi connectivity index (χ0) is 17.7. The van der Waals surface area contributed by atoms with Crippen molar-refractivity contribution in [3.05, 3.63) is 29.6 Å². The van der Waals surface area contributed by atoms with Crippen LogP contribution in [0.3, 0.4) is 0 Å². The van der Waals surface area contributed by atoms with Crippen molar-refractivity contribution in [1.82, 2.24) is 10.2 Å². The predicted octanol–water partition coefficient (Wildman–Crippen LogP) is 2.08. The van der Waals surface area contributed by atoms with Crippen LogP contribution in [0.15, 0.2) is 18.2 Å². The van der Waals surface area contributed by atoms with Gasteiger partial charge in [-0.2, -0.15) is 0 Å². The summed E-state index contributed by atoms with van der Waals surface area (Å²) in [6.45, 7) is 2.30. The molecule has 1 saturated heterocycles. The van der Waals surface area contributed by atoms with Crippen LogP contribution in [0.2, 0.25) is 0 Å². The highest BCUT2D eigenvalue weighted by Gasteiger charge is 2.24. The van der Waals surface area contributed by atoms with Crippen molar-refractivity contribution in [3.8, 4) is 0 Å². The average molecular weight is 394 g/mol. The Labute approximate surface area is 154 Å². The fourth-order valence-electron chi connectivity index (χ4n) is 2.89. The van der Waals surface area contributed by atoms with Crippen molar-refractivity contribution in [1.29, 1.82) is 0 Å². The maximum absolute atomic E-state index is 13.7. The Bertz CT molecular complexity index is 692. The average Bonchev–Trinajstić information content (AvgIpc) is 2.53. The number of halogens is 2. The molecule has 2 N–H and O–H groups in total. The molecule has 2 rings (SSSR count). The number of carbonyl (C=O) groups is 1. The quantitative estimate of drug-likeness (QED) is 0.775. The van der Waals surface area contributed by atoms with Crippen LogP contribution in [0.4, 0.5) is 10.1 Å². The van der Waals surface area contributed by atoms with E-state index in [9.17, 15) is 17.6 Å². The third-order valence-corrected chi connectivity index (χ3v) is 4.80. The van der Waals surface area contributed by atoms with E-state index in [4.69, 9.17) is 0 Å². The summed E-state index contributed by atoms with van der Waals surface area (Å²) in [4.78, 5) is 14.3. The van der Waals surface area contributed by atoms with Crippen molar-refractivity contribution in [2.75, 3.05) is 37.7 Å². The van der Waals surface area contributed by atoms with Gasteiger partial charge < -0.3 is 10.2 Å². The van der Waals surface area contributed by atoms with Crippen LogP contribution in [-0.2, 0) is 10.0 Å². The van der Waals surface area contributed by atoms with E-state index in [0.717, 1.165) is 38.1 Å². The molecule has 0 unspecified atom stereocenters. The molecule has 0 spiro atoms. The Balaban J connectivity index is 0.00000312. The minimum atomic E-state index is -3.60. The van der Waals surface area contributed by atoms with E-state index >= 15 is 0 Å². The van der Waals surface area contributed by atoms with E-state index in [2.05, 4.69) is 10.0 Å². The number of amides is 1. The number of benzene rings is 1. The number of hydrogen-bond donors (Lipinski definition) is 2. The molecule has 6 nitrogen and oxygen atoms in total. The number of nitrogens with one attached hydrogen (secondary N) is 2. The third-order valence-electron chi connectivity index (χ3n) is 4.21. The predicted molar refractivity (Wildman–Crippen MR) is 99.3 cm³/mol. The number of hydrogen-bond acceptors (Lipinski definition) is 4. The summed E-state index contributed by atoms with van der Waals surface area (Å²) >= 11 is 0. The highest BCUT2D eigenvalue weighted by Crippen LogP contribution is 2.23. The number of sulfonamides is 1. The third kappa shape index (κ3) is 6.45. The lowest BCUT2D eigenvalue weighted by molar-refractivity contribution is 0.0687. The van der Waals surface area contributed by atoms with Crippen LogP contribution < -0.4 is 10.0 Å². The number of anilines is 1. The zero-order valence-electron chi connectivity index (χ0n) is 14.4. The molecule has 1 heterocycles. The van der Waals surface area contributed by atoms with Gasteiger partial charge in [-0.3, -0.25) is 9.52 Å². The molecule has 142 valence electrons. The van der Waals surface area contributed by atoms with Gasteiger partial charge in [-0.1, -0.05) is 0 Å². The summed E-state index contributed by atoms with van der Waals surface area (Å²) in [5, 5.41) is 3.13. The molecule has 1 amide bonds. The number of piperidine rings is 1. The minimum Gasteiger partial charge on any atom is -0.339 e. The SMILES string of the molecule is CNCCC1CCN(C(=O)c2ccc(F)c(NS(C)(=O)=O)c2)CC1.Cl. The molecule has 1 fully saturated rings. The molecule has 1 aliphatic heterocycles. The smallest absolute Gasteiger partial charge is 0.253 e. The van der Waals surface area contributed by atoms with Crippen LogP contribution in [0.1, 0.15) is 29.6 Å². The number of rotatable bonds is 6. The van der Waals surface area contributed by atoms with E-state index in [1.807, 2.05) is 7.05 Å². The summed E-state index contributed by atoms with van der Waals surface area (Å²) in [7, 11) is -1.68. The molecule has 25 heavy (non-hydrogen) atoms. The van der Waals surface area contributed by atoms with E-state index in [-0.39, 0.29) is 29.6 Å². The highest BCUT2D eigenvalue weighted by atomic mass is 35.5. The Morgan fingerprint density at radius 3 is 2.52 bits per heavy atom. The second kappa shape index (κ2) is 9.35. The van der Waals surface area contributed by atoms with Gasteiger partial charge in [0.05, 0.1) is 11.9 Å². The lowest BCUT2D eigenvalue weighted by atomic mass is 9.93. The van der Waals surface area contributed by atoms with Crippen LogP contribution >= 0.6 is 12.4 Å². The molecule has 0 radical (unpaired) electrons. The molecule has 0 atom stereocenters. The second-order valence-corrected chi connectivity index (χ2v) is 7.95. The van der Waals surface area contributed by atoms with Gasteiger partial charge in [0.2, 0.25) is 10.0 Å². The molecule has 0 saturated carbocycles. The number of likely N-dealkylation sites (tertiary alicyclic amines) is 1. The van der Waals surface area contributed by atoms with Gasteiger partial charge >= 0.3 is 0 Å². The zero-order valence-corrected chi connectivity index (χ0v) is 16.1. The van der Waals surface area contributed by atoms with Gasteiger partial charge in [0, 0.05) is 18.7 Å². The molecular formula is C16H25ClFN3O3S. The Morgan fingerprint density at radius 2 is 1.96 bits per heavy atom. The fourth-order valence-corrected chi connectivity index (χ4v) is 3.45. The Hall–Kier alpha value is -1.38. The molecule has 1 aromatic carbocycles. The summed E-state index contributed by atoms with van der Waals surface area (Å²) in [6.07, 6.45) is 3.93. The van der Waals surface area contributed by atoms with E-state index in [1.54, 1.807) is 4.90 Å². The lowest BCUT2D eigenvalue weighted by Crippen LogP contribution is -2.39. The van der Waals surface area contributed by atoms with E-state index < -0.39 is 15.8 Å². The van der Waals surface area contributed by atoms with Gasteiger partial charge in [0.1, 0.15) is 5.82 Å². The summed E-state index contributed by atoms with van der Waals surface area (Å²) in [6, 6.07) is 3.75. The Kier molecular flexibility index (Phi) is 8.11. The first-order valence-electron chi connectivity index (χ1n) is 8.01. The van der Waals surface area contributed by atoms with Crippen molar-refractivity contribution >= 4 is 34.0 Å². The standard InChI is InChI=1S/C16H24FN3O3S.ClH/c1-18-8-5-12-6-9-20(10-7-12)16(21)13-3-4-14(17)15(11-13)19-24(2,22)23;/h3-4,11-12,18-19H,5-10H2,1-2H3;1H. The summed E-state index contributed by atoms with van der Waals surface area (Å²) < 4.78 is 38.4. The van der Waals surface area contributed by atoms with Crippen LogP contribution in [0.5, 0.6) is 0 Å². The van der Waals surface area contributed by atoms with Gasteiger partial charge in [-0.25, -0.2) is 12.8 Å². The molecule has 9 heteroatoms. The fraction of sp³-hybridized carbons (Fsp3) is 0.562. The van der Waals surface area contributed by atoms with Crippen LogP contribution in [-0.4, -0.2) is 52.2 Å². The van der Waals surface area contributed by atoms with Gasteiger partial charge in [0.25, 0.3) is 5.91 Å². The maximum Gasteiger partial charge on any atom is 0.253 e. The topological polar surface area (TPSA) is 78.5 Å². The maximum atomic E-state index is 13.7. The highest BCUT2D eigenvalue weighted by molar-refractivity contribution is 7.92. The lowest BCUT2D eigenvalue weighted by Gasteiger charge is -2.32. The molecule has 1 aliphatic rings. The van der Waals surface area contributed by atoms with Crippen LogP contribution in [0, 0.1) is 11.7 Å². The first kappa shape index (κ1) is 21.7. The van der Waals surface area contributed by atoms with Crippen molar-refractivity contribution in [3.63, 3.8) is 0 Å². The number of nitrogens with zero attached hydrogens (tertiary/aromatic N) is 1. The van der Waals surface area contributed by atoms with Gasteiger partial charge in [-0.15, -0.1) is 12.4 Å². The van der Waals surface area contributed by atoms with E-state index in [1.165, 1.54) is 12.1 Å². The van der Waals surface area contributed by atoms with Crippen molar-refractivity contribution < 1.29 is 17.6 Å².